The number of hydrogen-bond donors (Lipinski definition) is 1. The van der Waals surface area contributed by atoms with Gasteiger partial charge in [0, 0.05) is 12.6 Å². The number of ether oxygens (including phenoxy) is 2. The molecule has 0 aromatic heterocycles. The second-order valence-corrected chi connectivity index (χ2v) is 3.50. The molecule has 0 spiro atoms. The van der Waals surface area contributed by atoms with Crippen LogP contribution in [0.2, 0.25) is 0 Å². The molecule has 0 bridgehead atoms. The van der Waals surface area contributed by atoms with E-state index >= 15 is 0 Å². The van der Waals surface area contributed by atoms with Gasteiger partial charge in [-0.15, -0.1) is 0 Å². The summed E-state index contributed by atoms with van der Waals surface area (Å²) < 4.78 is 10.7. The van der Waals surface area contributed by atoms with Crippen LogP contribution in [0.1, 0.15) is 19.8 Å². The molecule has 1 aliphatic rings. The van der Waals surface area contributed by atoms with E-state index < -0.39 is 0 Å². The summed E-state index contributed by atoms with van der Waals surface area (Å²) in [6.07, 6.45) is 2.72. The zero-order valence-electron chi connectivity index (χ0n) is 8.71. The van der Waals surface area contributed by atoms with E-state index in [9.17, 15) is 0 Å². The molecule has 1 saturated carbocycles. The minimum atomic E-state index is 0.557. The van der Waals surface area contributed by atoms with Crippen LogP contribution in [0.15, 0.2) is 0 Å². The number of likely N-dealkylation sites (N-methyl/N-ethyl adjacent to an activating group) is 1. The molecule has 1 aliphatic carbocycles. The van der Waals surface area contributed by atoms with Crippen LogP contribution in [0.25, 0.3) is 0 Å². The summed E-state index contributed by atoms with van der Waals surface area (Å²) in [4.78, 5) is 0. The van der Waals surface area contributed by atoms with Gasteiger partial charge in [0.1, 0.15) is 0 Å². The zero-order chi connectivity index (χ0) is 9.52. The minimum absolute atomic E-state index is 0.557. The Kier molecular flexibility index (Phi) is 5.35. The predicted octanol–water partition coefficient (Wildman–Crippen LogP) is 1.04. The summed E-state index contributed by atoms with van der Waals surface area (Å²) in [6, 6.07) is 0.557. The number of nitrogens with one attached hydrogen (secondary N) is 1. The summed E-state index contributed by atoms with van der Waals surface area (Å²) >= 11 is 0. The van der Waals surface area contributed by atoms with Gasteiger partial charge in [-0.2, -0.15) is 0 Å². The lowest BCUT2D eigenvalue weighted by molar-refractivity contribution is 0.0419. The first-order valence-corrected chi connectivity index (χ1v) is 5.21. The Labute approximate surface area is 80.8 Å². The molecule has 3 nitrogen and oxygen atoms in total. The van der Waals surface area contributed by atoms with Gasteiger partial charge < -0.3 is 14.8 Å². The maximum atomic E-state index is 5.50. The van der Waals surface area contributed by atoms with Crippen molar-refractivity contribution >= 4 is 0 Å². The van der Waals surface area contributed by atoms with Gasteiger partial charge in [-0.1, -0.05) is 0 Å². The minimum Gasteiger partial charge on any atom is -0.379 e. The molecule has 1 atom stereocenters. The maximum Gasteiger partial charge on any atom is 0.0701 e. The van der Waals surface area contributed by atoms with E-state index in [2.05, 4.69) is 5.32 Å². The van der Waals surface area contributed by atoms with Crippen molar-refractivity contribution in [1.29, 1.82) is 0 Å². The highest BCUT2D eigenvalue weighted by Crippen LogP contribution is 2.32. The predicted molar refractivity (Wildman–Crippen MR) is 52.9 cm³/mol. The van der Waals surface area contributed by atoms with Crippen molar-refractivity contribution in [2.24, 2.45) is 5.92 Å². The van der Waals surface area contributed by atoms with E-state index in [1.807, 2.05) is 14.0 Å². The van der Waals surface area contributed by atoms with Crippen molar-refractivity contribution in [2.75, 3.05) is 33.5 Å². The fraction of sp³-hybridized carbons (Fsp3) is 1.00. The summed E-state index contributed by atoms with van der Waals surface area (Å²) in [5.41, 5.74) is 0. The number of rotatable bonds is 8. The summed E-state index contributed by atoms with van der Waals surface area (Å²) in [5.74, 6) is 0.858. The van der Waals surface area contributed by atoms with Crippen LogP contribution in [0.5, 0.6) is 0 Å². The van der Waals surface area contributed by atoms with E-state index in [0.29, 0.717) is 6.04 Å². The van der Waals surface area contributed by atoms with Crippen molar-refractivity contribution < 1.29 is 9.47 Å². The quantitative estimate of drug-likeness (QED) is 0.576. The molecule has 78 valence electrons. The van der Waals surface area contributed by atoms with Gasteiger partial charge in [-0.3, -0.25) is 0 Å². The van der Waals surface area contributed by atoms with Gasteiger partial charge in [0.25, 0.3) is 0 Å². The Balaban J connectivity index is 1.90. The highest BCUT2D eigenvalue weighted by Gasteiger charge is 2.29. The molecule has 1 unspecified atom stereocenters. The Morgan fingerprint density at radius 2 is 2.00 bits per heavy atom. The van der Waals surface area contributed by atoms with Gasteiger partial charge in [-0.05, 0) is 32.7 Å². The molecule has 0 heterocycles. The van der Waals surface area contributed by atoms with Crippen molar-refractivity contribution in [2.45, 2.75) is 25.8 Å². The fourth-order valence-electron chi connectivity index (χ4n) is 1.43. The Morgan fingerprint density at radius 3 is 2.54 bits per heavy atom. The SMILES string of the molecule is CCOCCOCC(NC)C1CC1. The third kappa shape index (κ3) is 4.60. The second kappa shape index (κ2) is 6.35. The summed E-state index contributed by atoms with van der Waals surface area (Å²) in [5, 5.41) is 3.29. The van der Waals surface area contributed by atoms with Crippen LogP contribution in [-0.4, -0.2) is 39.5 Å². The van der Waals surface area contributed by atoms with Crippen LogP contribution in [-0.2, 0) is 9.47 Å². The van der Waals surface area contributed by atoms with Gasteiger partial charge in [0.2, 0.25) is 0 Å². The first-order valence-electron chi connectivity index (χ1n) is 5.21. The molecule has 1 rings (SSSR count). The van der Waals surface area contributed by atoms with Crippen molar-refractivity contribution in [3.63, 3.8) is 0 Å². The van der Waals surface area contributed by atoms with Crippen LogP contribution < -0.4 is 5.32 Å². The van der Waals surface area contributed by atoms with E-state index in [0.717, 1.165) is 32.3 Å². The molecular weight excluding hydrogens is 166 g/mol. The molecule has 0 aromatic carbocycles. The Bertz CT molecular complexity index is 126. The highest BCUT2D eigenvalue weighted by molar-refractivity contribution is 4.85. The standard InChI is InChI=1S/C10H21NO2/c1-3-12-6-7-13-8-10(11-2)9-4-5-9/h9-11H,3-8H2,1-2H3. The molecule has 0 aromatic rings. The molecule has 3 heteroatoms. The third-order valence-corrected chi connectivity index (χ3v) is 2.44. The lowest BCUT2D eigenvalue weighted by Gasteiger charge is -2.15. The van der Waals surface area contributed by atoms with E-state index in [1.54, 1.807) is 0 Å². The molecule has 13 heavy (non-hydrogen) atoms. The molecule has 0 saturated heterocycles. The van der Waals surface area contributed by atoms with Crippen molar-refractivity contribution in [3.05, 3.63) is 0 Å². The summed E-state index contributed by atoms with van der Waals surface area (Å²) in [6.45, 7) is 5.05. The molecule has 1 fully saturated rings. The number of hydrogen-bond acceptors (Lipinski definition) is 3. The smallest absolute Gasteiger partial charge is 0.0701 e. The van der Waals surface area contributed by atoms with Crippen LogP contribution in [0.3, 0.4) is 0 Å². The first kappa shape index (κ1) is 11.0. The maximum absolute atomic E-state index is 5.50. The van der Waals surface area contributed by atoms with E-state index in [4.69, 9.17) is 9.47 Å². The molecule has 1 N–H and O–H groups in total. The largest absolute Gasteiger partial charge is 0.379 e. The second-order valence-electron chi connectivity index (χ2n) is 3.50. The average molecular weight is 187 g/mol. The lowest BCUT2D eigenvalue weighted by Crippen LogP contribution is -2.32. The Hall–Kier alpha value is -0.120. The monoisotopic (exact) mass is 187 g/mol. The molecule has 0 aliphatic heterocycles. The third-order valence-electron chi connectivity index (χ3n) is 2.44. The normalized spacial score (nSPS) is 18.9. The van der Waals surface area contributed by atoms with E-state index in [1.165, 1.54) is 12.8 Å². The van der Waals surface area contributed by atoms with Crippen molar-refractivity contribution in [1.82, 2.24) is 5.32 Å². The zero-order valence-corrected chi connectivity index (χ0v) is 8.71. The molecule has 0 amide bonds. The topological polar surface area (TPSA) is 30.5 Å². The van der Waals surface area contributed by atoms with Gasteiger partial charge >= 0.3 is 0 Å². The highest BCUT2D eigenvalue weighted by atomic mass is 16.5. The van der Waals surface area contributed by atoms with Gasteiger partial charge in [0.05, 0.1) is 19.8 Å². The van der Waals surface area contributed by atoms with Gasteiger partial charge in [0.15, 0.2) is 0 Å². The lowest BCUT2D eigenvalue weighted by atomic mass is 10.2. The van der Waals surface area contributed by atoms with Crippen molar-refractivity contribution in [3.8, 4) is 0 Å². The van der Waals surface area contributed by atoms with E-state index in [-0.39, 0.29) is 0 Å². The molecule has 0 radical (unpaired) electrons. The van der Waals surface area contributed by atoms with Crippen LogP contribution >= 0.6 is 0 Å². The average Bonchev–Trinajstić information content (AvgIpc) is 2.95. The first-order chi connectivity index (χ1) is 6.38. The van der Waals surface area contributed by atoms with Crippen LogP contribution in [0.4, 0.5) is 0 Å². The Morgan fingerprint density at radius 1 is 1.31 bits per heavy atom. The van der Waals surface area contributed by atoms with Gasteiger partial charge in [-0.25, -0.2) is 0 Å². The fourth-order valence-corrected chi connectivity index (χ4v) is 1.43. The van der Waals surface area contributed by atoms with Crippen LogP contribution in [0, 0.1) is 5.92 Å². The molecular formula is C10H21NO2. The summed E-state index contributed by atoms with van der Waals surface area (Å²) in [7, 11) is 2.01.